The van der Waals surface area contributed by atoms with Crippen LogP contribution in [0.1, 0.15) is 26.0 Å². The van der Waals surface area contributed by atoms with Crippen LogP contribution in [0.4, 0.5) is 11.5 Å². The number of hydrogen-bond acceptors (Lipinski definition) is 9. The van der Waals surface area contributed by atoms with Gasteiger partial charge in [-0.25, -0.2) is 15.0 Å². The van der Waals surface area contributed by atoms with Crippen molar-refractivity contribution < 1.29 is 4.79 Å². The average Bonchev–Trinajstić information content (AvgIpc) is 3.57. The number of carbonyl (C=O) groups is 1. The van der Waals surface area contributed by atoms with E-state index in [1.165, 1.54) is 5.57 Å². The molecule has 9 nitrogen and oxygen atoms in total. The van der Waals surface area contributed by atoms with Gasteiger partial charge in [-0.1, -0.05) is 6.08 Å². The molecule has 0 saturated carbocycles. The minimum absolute atomic E-state index is 0.160. The number of carbonyl (C=O) groups excluding carboxylic acids is 1. The summed E-state index contributed by atoms with van der Waals surface area (Å²) in [6, 6.07) is 8.82. The van der Waals surface area contributed by atoms with E-state index in [0.717, 1.165) is 90.4 Å². The summed E-state index contributed by atoms with van der Waals surface area (Å²) >= 11 is 1.62. The van der Waals surface area contributed by atoms with Crippen molar-refractivity contribution in [1.82, 2.24) is 34.6 Å². The topological polar surface area (TPSA) is 93.3 Å². The molecule has 0 spiro atoms. The lowest BCUT2D eigenvalue weighted by molar-refractivity contribution is -0.120. The van der Waals surface area contributed by atoms with Gasteiger partial charge in [0.25, 0.3) is 0 Å². The number of thiazole rings is 1. The molecule has 2 aliphatic heterocycles. The summed E-state index contributed by atoms with van der Waals surface area (Å²) in [5, 5.41) is 4.41. The number of aromatic amines is 1. The Morgan fingerprint density at radius 2 is 1.86 bits per heavy atom. The molecular weight excluding hydrogens is 484 g/mol. The number of benzene rings is 1. The number of nitrogens with zero attached hydrogens (tertiary/aromatic N) is 6. The van der Waals surface area contributed by atoms with Gasteiger partial charge in [-0.05, 0) is 50.1 Å². The maximum absolute atomic E-state index is 12.1. The van der Waals surface area contributed by atoms with E-state index >= 15 is 0 Å². The predicted molar refractivity (Wildman–Crippen MR) is 149 cm³/mol. The molecule has 1 atom stereocenters. The van der Waals surface area contributed by atoms with E-state index in [0.29, 0.717) is 6.04 Å². The quantitative estimate of drug-likeness (QED) is 0.357. The summed E-state index contributed by atoms with van der Waals surface area (Å²) in [5.74, 6) is 0.774. The molecule has 0 amide bonds. The number of anilines is 2. The fourth-order valence-corrected chi connectivity index (χ4v) is 6.09. The molecule has 1 unspecified atom stereocenters. The first-order chi connectivity index (χ1) is 18.1. The zero-order chi connectivity index (χ0) is 25.4. The third kappa shape index (κ3) is 4.89. The van der Waals surface area contributed by atoms with Gasteiger partial charge < -0.3 is 15.1 Å². The molecule has 192 valence electrons. The number of rotatable bonds is 7. The van der Waals surface area contributed by atoms with Gasteiger partial charge in [0.1, 0.15) is 24.0 Å². The first-order valence-electron chi connectivity index (χ1n) is 12.9. The lowest BCUT2D eigenvalue weighted by Crippen LogP contribution is -2.58. The van der Waals surface area contributed by atoms with Crippen molar-refractivity contribution in [2.24, 2.45) is 0 Å². The van der Waals surface area contributed by atoms with Crippen molar-refractivity contribution in [2.45, 2.75) is 32.5 Å². The largest absolute Gasteiger partial charge is 0.340 e. The Morgan fingerprint density at radius 3 is 2.62 bits per heavy atom. The Hall–Kier alpha value is -3.18. The number of piperazine rings is 1. The molecule has 1 fully saturated rings. The molecule has 5 heterocycles. The molecule has 1 saturated heterocycles. The SMILES string of the molecule is CC(C)N1CCN(C(C=O)N2CC=C(c3cc4c(Nc5ccc6ncsc6c5)ncnc4[nH]3)CC2)CC1. The summed E-state index contributed by atoms with van der Waals surface area (Å²) in [6.45, 7) is 9.97. The van der Waals surface area contributed by atoms with Gasteiger partial charge in [-0.3, -0.25) is 14.7 Å². The van der Waals surface area contributed by atoms with E-state index in [1.54, 1.807) is 17.7 Å². The minimum Gasteiger partial charge on any atom is -0.340 e. The van der Waals surface area contributed by atoms with Crippen molar-refractivity contribution in [3.05, 3.63) is 47.9 Å². The van der Waals surface area contributed by atoms with Crippen LogP contribution in [0.3, 0.4) is 0 Å². The number of H-pyrrole nitrogens is 1. The second-order valence-electron chi connectivity index (χ2n) is 10.0. The van der Waals surface area contributed by atoms with Gasteiger partial charge in [-0.15, -0.1) is 11.3 Å². The van der Waals surface area contributed by atoms with Gasteiger partial charge in [0.15, 0.2) is 6.29 Å². The van der Waals surface area contributed by atoms with Crippen LogP contribution in [0.2, 0.25) is 0 Å². The Balaban J connectivity index is 1.17. The molecule has 0 aliphatic carbocycles. The number of fused-ring (bicyclic) bond motifs is 2. The molecule has 6 rings (SSSR count). The highest BCUT2D eigenvalue weighted by molar-refractivity contribution is 7.16. The molecule has 3 aromatic heterocycles. The van der Waals surface area contributed by atoms with Crippen LogP contribution in [0.25, 0.3) is 26.8 Å². The lowest BCUT2D eigenvalue weighted by Gasteiger charge is -2.43. The van der Waals surface area contributed by atoms with E-state index in [9.17, 15) is 4.79 Å². The van der Waals surface area contributed by atoms with Gasteiger partial charge in [0.05, 0.1) is 21.1 Å². The molecular formula is C27H32N8OS. The summed E-state index contributed by atoms with van der Waals surface area (Å²) in [7, 11) is 0. The highest BCUT2D eigenvalue weighted by Gasteiger charge is 2.30. The Morgan fingerprint density at radius 1 is 1.03 bits per heavy atom. The van der Waals surface area contributed by atoms with Crippen LogP contribution in [0, 0.1) is 0 Å². The second kappa shape index (κ2) is 10.3. The highest BCUT2D eigenvalue weighted by atomic mass is 32.1. The maximum Gasteiger partial charge on any atom is 0.151 e. The molecule has 2 aliphatic rings. The maximum atomic E-state index is 12.1. The normalized spacial score (nSPS) is 18.9. The standard InChI is InChI=1S/C27H32N8OS/c1-18(2)33-9-11-35(12-10-33)25(15-36)34-7-5-19(6-8-34)23-14-21-26(28-16-29-27(21)32-23)31-20-3-4-22-24(13-20)37-17-30-22/h3-5,13-18,25H,6-12H2,1-2H3,(H2,28,29,31,32). The molecule has 37 heavy (non-hydrogen) atoms. The molecule has 0 bridgehead atoms. The zero-order valence-electron chi connectivity index (χ0n) is 21.2. The fourth-order valence-electron chi connectivity index (χ4n) is 5.37. The van der Waals surface area contributed by atoms with Gasteiger partial charge in [0, 0.05) is 56.7 Å². The molecule has 4 aromatic rings. The van der Waals surface area contributed by atoms with Crippen molar-refractivity contribution in [3.8, 4) is 0 Å². The van der Waals surface area contributed by atoms with Crippen molar-refractivity contribution >= 4 is 56.0 Å². The average molecular weight is 517 g/mol. The molecule has 1 aromatic carbocycles. The summed E-state index contributed by atoms with van der Waals surface area (Å²) in [6.07, 6.45) is 5.66. The van der Waals surface area contributed by atoms with Crippen LogP contribution >= 0.6 is 11.3 Å². The fraction of sp³-hybridized carbons (Fsp3) is 0.407. The van der Waals surface area contributed by atoms with Gasteiger partial charge in [0.2, 0.25) is 0 Å². The summed E-state index contributed by atoms with van der Waals surface area (Å²) < 4.78 is 1.14. The highest BCUT2D eigenvalue weighted by Crippen LogP contribution is 2.31. The van der Waals surface area contributed by atoms with Crippen LogP contribution in [0.15, 0.2) is 42.2 Å². The van der Waals surface area contributed by atoms with Crippen LogP contribution in [0.5, 0.6) is 0 Å². The zero-order valence-corrected chi connectivity index (χ0v) is 22.0. The molecule has 10 heteroatoms. The Bertz CT molecular complexity index is 1430. The molecule has 2 N–H and O–H groups in total. The smallest absolute Gasteiger partial charge is 0.151 e. The Kier molecular flexibility index (Phi) is 6.72. The van der Waals surface area contributed by atoms with Crippen molar-refractivity contribution in [3.63, 3.8) is 0 Å². The van der Waals surface area contributed by atoms with Crippen LogP contribution in [-0.2, 0) is 4.79 Å². The van der Waals surface area contributed by atoms with Gasteiger partial charge >= 0.3 is 0 Å². The first-order valence-corrected chi connectivity index (χ1v) is 13.8. The van der Waals surface area contributed by atoms with Crippen LogP contribution in [-0.4, -0.2) is 92.4 Å². The lowest BCUT2D eigenvalue weighted by atomic mass is 10.0. The monoisotopic (exact) mass is 516 g/mol. The van der Waals surface area contributed by atoms with E-state index in [2.05, 4.69) is 72.0 Å². The summed E-state index contributed by atoms with van der Waals surface area (Å²) in [5.41, 5.74) is 6.95. The first kappa shape index (κ1) is 24.2. The van der Waals surface area contributed by atoms with E-state index in [4.69, 9.17) is 0 Å². The van der Waals surface area contributed by atoms with Gasteiger partial charge in [-0.2, -0.15) is 0 Å². The van der Waals surface area contributed by atoms with E-state index in [1.807, 2.05) is 17.6 Å². The van der Waals surface area contributed by atoms with E-state index in [-0.39, 0.29) is 6.17 Å². The third-order valence-electron chi connectivity index (χ3n) is 7.56. The third-order valence-corrected chi connectivity index (χ3v) is 8.35. The Labute approximate surface area is 220 Å². The van der Waals surface area contributed by atoms with Crippen LogP contribution < -0.4 is 5.32 Å². The minimum atomic E-state index is -0.160. The number of aromatic nitrogens is 4. The number of nitrogens with one attached hydrogen (secondary N) is 2. The second-order valence-corrected chi connectivity index (χ2v) is 10.9. The van der Waals surface area contributed by atoms with Crippen molar-refractivity contribution in [1.29, 1.82) is 0 Å². The van der Waals surface area contributed by atoms with Crippen molar-refractivity contribution in [2.75, 3.05) is 44.6 Å². The predicted octanol–water partition coefficient (Wildman–Crippen LogP) is 3.95. The molecule has 0 radical (unpaired) electrons. The number of aldehydes is 1. The summed E-state index contributed by atoms with van der Waals surface area (Å²) in [4.78, 5) is 36.0. The van der Waals surface area contributed by atoms with E-state index < -0.39 is 0 Å². The number of hydrogen-bond donors (Lipinski definition) is 2.